The minimum absolute atomic E-state index is 0.361. The van der Waals surface area contributed by atoms with E-state index in [0.717, 1.165) is 38.3 Å². The summed E-state index contributed by atoms with van der Waals surface area (Å²) in [4.78, 5) is 3.07. The zero-order chi connectivity index (χ0) is 20.1. The average molecular weight is 409 g/mol. The average Bonchev–Trinajstić information content (AvgIpc) is 2.77. The Hall–Kier alpha value is -2.17. The number of hydrogen-bond donors (Lipinski definition) is 3. The lowest BCUT2D eigenvalue weighted by Gasteiger charge is -2.35. The summed E-state index contributed by atoms with van der Waals surface area (Å²) in [5.41, 5.74) is 3.69. The fourth-order valence-corrected chi connectivity index (χ4v) is 4.57. The SMILES string of the molecule is O[C@@H](C[NH+]1CC[NH+](C(c2ccccc2)c2ccccc2)CC1)c1ccc(Cl)cc1. The number of halogens is 1. The Morgan fingerprint density at radius 1 is 0.690 bits per heavy atom. The molecule has 0 unspecified atom stereocenters. The summed E-state index contributed by atoms with van der Waals surface area (Å²) in [5, 5.41) is 11.3. The van der Waals surface area contributed by atoms with Crippen molar-refractivity contribution in [1.82, 2.24) is 0 Å². The van der Waals surface area contributed by atoms with E-state index in [1.807, 2.05) is 24.3 Å². The van der Waals surface area contributed by atoms with Crippen molar-refractivity contribution in [2.45, 2.75) is 12.1 Å². The molecule has 1 fully saturated rings. The van der Waals surface area contributed by atoms with Crippen molar-refractivity contribution in [3.8, 4) is 0 Å². The summed E-state index contributed by atoms with van der Waals surface area (Å²) < 4.78 is 0. The van der Waals surface area contributed by atoms with Crippen LogP contribution in [0.25, 0.3) is 0 Å². The van der Waals surface area contributed by atoms with Crippen LogP contribution >= 0.6 is 11.6 Å². The van der Waals surface area contributed by atoms with Crippen LogP contribution in [0.2, 0.25) is 5.02 Å². The van der Waals surface area contributed by atoms with Gasteiger partial charge in [-0.2, -0.15) is 0 Å². The first-order chi connectivity index (χ1) is 14.2. The summed E-state index contributed by atoms with van der Waals surface area (Å²) in [6, 6.07) is 29.6. The quantitative estimate of drug-likeness (QED) is 0.571. The number of quaternary nitrogens is 2. The molecular formula is C25H29ClN2O+2. The number of nitrogens with one attached hydrogen (secondary N) is 2. The molecule has 0 spiro atoms. The Bertz CT molecular complexity index is 838. The second-order valence-electron chi connectivity index (χ2n) is 7.93. The fourth-order valence-electron chi connectivity index (χ4n) is 4.45. The molecule has 0 bridgehead atoms. The van der Waals surface area contributed by atoms with Crippen LogP contribution < -0.4 is 9.80 Å². The molecule has 4 rings (SSSR count). The summed E-state index contributed by atoms with van der Waals surface area (Å²) in [5.74, 6) is 0. The molecule has 3 aromatic rings. The maximum Gasteiger partial charge on any atom is 0.139 e. The van der Waals surface area contributed by atoms with Crippen molar-refractivity contribution >= 4 is 11.6 Å². The van der Waals surface area contributed by atoms with E-state index in [9.17, 15) is 5.11 Å². The van der Waals surface area contributed by atoms with E-state index < -0.39 is 6.10 Å². The fraction of sp³-hybridized carbons (Fsp3) is 0.280. The largest absolute Gasteiger partial charge is 0.382 e. The highest BCUT2D eigenvalue weighted by Gasteiger charge is 2.32. The molecule has 0 saturated carbocycles. The molecule has 29 heavy (non-hydrogen) atoms. The topological polar surface area (TPSA) is 29.1 Å². The first-order valence-corrected chi connectivity index (χ1v) is 10.8. The van der Waals surface area contributed by atoms with Gasteiger partial charge in [0.15, 0.2) is 0 Å². The Morgan fingerprint density at radius 3 is 1.72 bits per heavy atom. The van der Waals surface area contributed by atoms with Crippen LogP contribution in [0.4, 0.5) is 0 Å². The molecule has 150 valence electrons. The van der Waals surface area contributed by atoms with E-state index in [1.165, 1.54) is 16.0 Å². The van der Waals surface area contributed by atoms with Gasteiger partial charge in [-0.25, -0.2) is 0 Å². The normalized spacial score (nSPS) is 20.5. The summed E-state index contributed by atoms with van der Waals surface area (Å²) in [6.45, 7) is 5.07. The molecule has 1 aliphatic heterocycles. The van der Waals surface area contributed by atoms with Gasteiger partial charge >= 0.3 is 0 Å². The number of piperazine rings is 1. The van der Waals surface area contributed by atoms with Gasteiger partial charge in [-0.05, 0) is 17.7 Å². The van der Waals surface area contributed by atoms with Gasteiger partial charge in [0, 0.05) is 16.1 Å². The van der Waals surface area contributed by atoms with Crippen LogP contribution in [-0.2, 0) is 0 Å². The number of benzene rings is 3. The van der Waals surface area contributed by atoms with Gasteiger partial charge in [-0.1, -0.05) is 84.4 Å². The Morgan fingerprint density at radius 2 is 1.21 bits per heavy atom. The predicted octanol–water partition coefficient (Wildman–Crippen LogP) is 1.95. The highest BCUT2D eigenvalue weighted by Crippen LogP contribution is 2.19. The second-order valence-corrected chi connectivity index (χ2v) is 8.37. The number of rotatable bonds is 6. The van der Waals surface area contributed by atoms with Crippen LogP contribution in [0.15, 0.2) is 84.9 Å². The van der Waals surface area contributed by atoms with Gasteiger partial charge in [-0.15, -0.1) is 0 Å². The van der Waals surface area contributed by atoms with Crippen LogP contribution in [0.3, 0.4) is 0 Å². The molecule has 1 atom stereocenters. The van der Waals surface area contributed by atoms with Gasteiger partial charge in [0.2, 0.25) is 0 Å². The summed E-state index contributed by atoms with van der Waals surface area (Å²) in [7, 11) is 0. The van der Waals surface area contributed by atoms with E-state index in [-0.39, 0.29) is 0 Å². The highest BCUT2D eigenvalue weighted by molar-refractivity contribution is 6.30. The third-order valence-electron chi connectivity index (χ3n) is 6.01. The van der Waals surface area contributed by atoms with Gasteiger partial charge < -0.3 is 14.9 Å². The third-order valence-corrected chi connectivity index (χ3v) is 6.26. The van der Waals surface area contributed by atoms with E-state index >= 15 is 0 Å². The van der Waals surface area contributed by atoms with Crippen molar-refractivity contribution in [2.75, 3.05) is 32.7 Å². The lowest BCUT2D eigenvalue weighted by molar-refractivity contribution is -1.03. The second kappa shape index (κ2) is 9.55. The third kappa shape index (κ3) is 5.06. The zero-order valence-electron chi connectivity index (χ0n) is 16.6. The van der Waals surface area contributed by atoms with Crippen molar-refractivity contribution in [1.29, 1.82) is 0 Å². The maximum absolute atomic E-state index is 10.6. The zero-order valence-corrected chi connectivity index (χ0v) is 17.4. The van der Waals surface area contributed by atoms with Crippen molar-refractivity contribution in [3.05, 3.63) is 107 Å². The number of aliphatic hydroxyl groups excluding tert-OH is 1. The first kappa shape index (κ1) is 20.1. The maximum atomic E-state index is 10.6. The molecule has 3 aromatic carbocycles. The standard InChI is InChI=1S/C25H27ClN2O/c26-23-13-11-20(12-14-23)24(29)19-27-15-17-28(18-16-27)25(21-7-3-1-4-8-21)22-9-5-2-6-10-22/h1-14,24-25,29H,15-19H2/p+2/t24-/m0/s1. The Kier molecular flexibility index (Phi) is 6.63. The molecule has 3 nitrogen and oxygen atoms in total. The lowest BCUT2D eigenvalue weighted by Crippen LogP contribution is -3.28. The van der Waals surface area contributed by atoms with Crippen LogP contribution in [0.1, 0.15) is 28.8 Å². The van der Waals surface area contributed by atoms with Crippen LogP contribution in [0.5, 0.6) is 0 Å². The molecule has 1 aliphatic rings. The molecule has 0 amide bonds. The molecule has 1 saturated heterocycles. The molecule has 3 N–H and O–H groups in total. The Labute approximate surface area is 178 Å². The van der Waals surface area contributed by atoms with Crippen molar-refractivity contribution < 1.29 is 14.9 Å². The van der Waals surface area contributed by atoms with Gasteiger partial charge in [0.05, 0.1) is 0 Å². The number of hydrogen-bond acceptors (Lipinski definition) is 1. The smallest absolute Gasteiger partial charge is 0.139 e. The van der Waals surface area contributed by atoms with Gasteiger partial charge in [-0.3, -0.25) is 0 Å². The molecular weight excluding hydrogens is 380 g/mol. The lowest BCUT2D eigenvalue weighted by atomic mass is 9.96. The minimum Gasteiger partial charge on any atom is -0.382 e. The monoisotopic (exact) mass is 408 g/mol. The molecule has 1 heterocycles. The van der Waals surface area contributed by atoms with Crippen LogP contribution in [0, 0.1) is 0 Å². The number of aliphatic hydroxyl groups is 1. The Balaban J connectivity index is 1.42. The van der Waals surface area contributed by atoms with E-state index in [0.29, 0.717) is 11.1 Å². The van der Waals surface area contributed by atoms with Gasteiger partial charge in [0.1, 0.15) is 44.9 Å². The van der Waals surface area contributed by atoms with Crippen LogP contribution in [-0.4, -0.2) is 37.8 Å². The first-order valence-electron chi connectivity index (χ1n) is 10.4. The van der Waals surface area contributed by atoms with E-state index in [4.69, 9.17) is 11.6 Å². The van der Waals surface area contributed by atoms with E-state index in [1.54, 1.807) is 4.90 Å². The van der Waals surface area contributed by atoms with E-state index in [2.05, 4.69) is 60.7 Å². The minimum atomic E-state index is -0.442. The highest BCUT2D eigenvalue weighted by atomic mass is 35.5. The molecule has 0 aliphatic carbocycles. The summed E-state index contributed by atoms with van der Waals surface area (Å²) in [6.07, 6.45) is -0.442. The van der Waals surface area contributed by atoms with Crippen molar-refractivity contribution in [2.24, 2.45) is 0 Å². The summed E-state index contributed by atoms with van der Waals surface area (Å²) >= 11 is 5.97. The molecule has 0 aromatic heterocycles. The van der Waals surface area contributed by atoms with Gasteiger partial charge in [0.25, 0.3) is 0 Å². The molecule has 4 heteroatoms. The van der Waals surface area contributed by atoms with Crippen molar-refractivity contribution in [3.63, 3.8) is 0 Å². The molecule has 0 radical (unpaired) electrons. The predicted molar refractivity (Wildman–Crippen MR) is 117 cm³/mol.